The molecule has 0 aromatic carbocycles. The van der Waals surface area contributed by atoms with Gasteiger partial charge in [-0.3, -0.25) is 9.36 Å². The molecule has 0 aliphatic heterocycles. The molecular weight excluding hydrogens is 241 g/mol. The Morgan fingerprint density at radius 1 is 1.38 bits per heavy atom. The van der Waals surface area contributed by atoms with Crippen LogP contribution in [-0.4, -0.2) is 32.1 Å². The number of alkyl halides is 2. The fourth-order valence-corrected chi connectivity index (χ4v) is 1.81. The number of halogens is 2. The predicted molar refractivity (Wildman–Crippen MR) is 55.9 cm³/mol. The molecular formula is C9H15F2O4P. The summed E-state index contributed by atoms with van der Waals surface area (Å²) in [6.07, 6.45) is 1.10. The lowest BCUT2D eigenvalue weighted by molar-refractivity contribution is -0.134. The number of carbonyl (C=O) groups excluding carboxylic acids is 1. The van der Waals surface area contributed by atoms with E-state index in [0.717, 1.165) is 14.2 Å². The monoisotopic (exact) mass is 256 g/mol. The van der Waals surface area contributed by atoms with Crippen LogP contribution in [0.1, 0.15) is 13.3 Å². The van der Waals surface area contributed by atoms with Crippen molar-refractivity contribution in [3.05, 3.63) is 12.2 Å². The lowest BCUT2D eigenvalue weighted by Crippen LogP contribution is -2.29. The summed E-state index contributed by atoms with van der Waals surface area (Å²) in [5, 5.41) is 0. The number of hydrogen-bond acceptors (Lipinski definition) is 4. The summed E-state index contributed by atoms with van der Waals surface area (Å²) in [7, 11) is -1.65. The van der Waals surface area contributed by atoms with Crippen molar-refractivity contribution >= 4 is 13.4 Å². The quantitative estimate of drug-likeness (QED) is 0.519. The van der Waals surface area contributed by atoms with E-state index in [-0.39, 0.29) is 0 Å². The number of ketones is 1. The predicted octanol–water partition coefficient (Wildman–Crippen LogP) is 2.64. The summed E-state index contributed by atoms with van der Waals surface area (Å²) < 4.78 is 46.6. The molecule has 0 unspecified atom stereocenters. The largest absolute Gasteiger partial charge is 0.337 e. The zero-order valence-electron chi connectivity index (χ0n) is 9.41. The van der Waals surface area contributed by atoms with E-state index < -0.39 is 25.5 Å². The van der Waals surface area contributed by atoms with Gasteiger partial charge in [0.25, 0.3) is 0 Å². The van der Waals surface area contributed by atoms with Crippen LogP contribution in [-0.2, 0) is 18.4 Å². The van der Waals surface area contributed by atoms with Crippen LogP contribution in [0.3, 0.4) is 0 Å². The highest BCUT2D eigenvalue weighted by Crippen LogP contribution is 2.47. The second-order valence-electron chi connectivity index (χ2n) is 2.99. The van der Waals surface area contributed by atoms with Crippen molar-refractivity contribution < 1.29 is 27.2 Å². The first-order valence-electron chi connectivity index (χ1n) is 4.60. The minimum absolute atomic E-state index is 0.384. The van der Waals surface area contributed by atoms with Crippen molar-refractivity contribution in [2.24, 2.45) is 0 Å². The molecule has 0 rings (SSSR count). The van der Waals surface area contributed by atoms with E-state index in [0.29, 0.717) is 12.5 Å². The first kappa shape index (κ1) is 15.4. The third-order valence-corrected chi connectivity index (χ3v) is 3.62. The van der Waals surface area contributed by atoms with E-state index in [1.54, 1.807) is 6.92 Å². The summed E-state index contributed by atoms with van der Waals surface area (Å²) in [5.41, 5.74) is 0. The molecule has 0 amide bonds. The Morgan fingerprint density at radius 2 is 1.88 bits per heavy atom. The number of rotatable bonds is 7. The van der Waals surface area contributed by atoms with Crippen LogP contribution in [0, 0.1) is 0 Å². The maximum Gasteiger partial charge on any atom is 0.337 e. The van der Waals surface area contributed by atoms with Gasteiger partial charge < -0.3 is 9.05 Å². The van der Waals surface area contributed by atoms with Gasteiger partial charge in [-0.2, -0.15) is 8.78 Å². The Labute approximate surface area is 93.2 Å². The SMILES string of the molecule is CCC=CC(F)(F)C(=O)CP(=O)(OC)OC. The van der Waals surface area contributed by atoms with E-state index in [4.69, 9.17) is 0 Å². The molecule has 0 heterocycles. The second-order valence-corrected chi connectivity index (χ2v) is 5.26. The standard InChI is InChI=1S/C9H15F2O4P/c1-4-5-6-9(10,11)8(12)7-16(13,14-2)15-3/h5-6H,4,7H2,1-3H3. The van der Waals surface area contributed by atoms with Crippen LogP contribution in [0.4, 0.5) is 8.78 Å². The van der Waals surface area contributed by atoms with Gasteiger partial charge in [-0.05, 0) is 12.5 Å². The van der Waals surface area contributed by atoms with Crippen molar-refractivity contribution in [3.63, 3.8) is 0 Å². The summed E-state index contributed by atoms with van der Waals surface area (Å²) in [4.78, 5) is 11.2. The van der Waals surface area contributed by atoms with Crippen LogP contribution in [0.25, 0.3) is 0 Å². The fourth-order valence-electron chi connectivity index (χ4n) is 0.844. The van der Waals surface area contributed by atoms with Gasteiger partial charge in [0.2, 0.25) is 5.78 Å². The molecule has 0 fully saturated rings. The van der Waals surface area contributed by atoms with Crippen LogP contribution in [0.2, 0.25) is 0 Å². The average molecular weight is 256 g/mol. The van der Waals surface area contributed by atoms with Gasteiger partial charge in [0.1, 0.15) is 6.16 Å². The molecule has 0 aliphatic carbocycles. The van der Waals surface area contributed by atoms with Crippen LogP contribution in [0.15, 0.2) is 12.2 Å². The van der Waals surface area contributed by atoms with E-state index in [1.165, 1.54) is 6.08 Å². The van der Waals surface area contributed by atoms with Gasteiger partial charge in [0.05, 0.1) is 0 Å². The number of allylic oxidation sites excluding steroid dienone is 2. The van der Waals surface area contributed by atoms with E-state index in [9.17, 15) is 18.1 Å². The smallest absolute Gasteiger partial charge is 0.312 e. The Kier molecular flexibility index (Phi) is 6.00. The van der Waals surface area contributed by atoms with Gasteiger partial charge in [-0.15, -0.1) is 0 Å². The van der Waals surface area contributed by atoms with E-state index >= 15 is 0 Å². The van der Waals surface area contributed by atoms with Crippen LogP contribution in [0.5, 0.6) is 0 Å². The molecule has 0 aromatic heterocycles. The third-order valence-electron chi connectivity index (χ3n) is 1.83. The Morgan fingerprint density at radius 3 is 2.25 bits per heavy atom. The minimum Gasteiger partial charge on any atom is -0.312 e. The third kappa shape index (κ3) is 4.51. The van der Waals surface area contributed by atoms with Crippen molar-refractivity contribution in [1.82, 2.24) is 0 Å². The zero-order chi connectivity index (χ0) is 12.8. The van der Waals surface area contributed by atoms with Gasteiger partial charge in [-0.1, -0.05) is 13.0 Å². The number of Topliss-reactive ketones (excluding diaryl/α,β-unsaturated/α-hetero) is 1. The maximum atomic E-state index is 13.1. The summed E-state index contributed by atoms with van der Waals surface area (Å²) in [6, 6.07) is 0. The highest BCUT2D eigenvalue weighted by atomic mass is 31.2. The van der Waals surface area contributed by atoms with E-state index in [2.05, 4.69) is 9.05 Å². The number of hydrogen-bond donors (Lipinski definition) is 0. The van der Waals surface area contributed by atoms with Crippen molar-refractivity contribution in [2.75, 3.05) is 20.4 Å². The van der Waals surface area contributed by atoms with Crippen molar-refractivity contribution in [3.8, 4) is 0 Å². The minimum atomic E-state index is -3.73. The molecule has 0 saturated heterocycles. The Bertz CT molecular complexity index is 307. The second kappa shape index (κ2) is 6.23. The molecule has 4 nitrogen and oxygen atoms in total. The average Bonchev–Trinajstić information content (AvgIpc) is 2.26. The highest BCUT2D eigenvalue weighted by molar-refractivity contribution is 7.54. The molecule has 0 radical (unpaired) electrons. The van der Waals surface area contributed by atoms with Crippen LogP contribution >= 0.6 is 7.60 Å². The number of carbonyl (C=O) groups is 1. The van der Waals surface area contributed by atoms with Gasteiger partial charge in [0.15, 0.2) is 0 Å². The first-order chi connectivity index (χ1) is 7.31. The lowest BCUT2D eigenvalue weighted by Gasteiger charge is -2.15. The molecule has 16 heavy (non-hydrogen) atoms. The molecule has 7 heteroatoms. The van der Waals surface area contributed by atoms with Crippen molar-refractivity contribution in [1.29, 1.82) is 0 Å². The zero-order valence-corrected chi connectivity index (χ0v) is 10.3. The molecule has 94 valence electrons. The maximum absolute atomic E-state index is 13.1. The van der Waals surface area contributed by atoms with Gasteiger partial charge >= 0.3 is 13.5 Å². The molecule has 0 atom stereocenters. The first-order valence-corrected chi connectivity index (χ1v) is 6.33. The van der Waals surface area contributed by atoms with Crippen molar-refractivity contribution in [2.45, 2.75) is 19.3 Å². The summed E-state index contributed by atoms with van der Waals surface area (Å²) >= 11 is 0. The molecule has 0 aromatic rings. The highest BCUT2D eigenvalue weighted by Gasteiger charge is 2.40. The molecule has 0 spiro atoms. The molecule has 0 aliphatic rings. The van der Waals surface area contributed by atoms with Gasteiger partial charge in [-0.25, -0.2) is 0 Å². The summed E-state index contributed by atoms with van der Waals surface area (Å²) in [5.74, 6) is -5.12. The molecule has 0 saturated carbocycles. The topological polar surface area (TPSA) is 52.6 Å². The van der Waals surface area contributed by atoms with Crippen LogP contribution < -0.4 is 0 Å². The summed E-state index contributed by atoms with van der Waals surface area (Å²) in [6.45, 7) is 1.66. The molecule has 0 N–H and O–H groups in total. The van der Waals surface area contributed by atoms with Gasteiger partial charge in [0, 0.05) is 14.2 Å². The van der Waals surface area contributed by atoms with E-state index in [1.807, 2.05) is 0 Å². The fraction of sp³-hybridized carbons (Fsp3) is 0.667. The molecule has 0 bridgehead atoms. The normalized spacial score (nSPS) is 13.3. The Hall–Kier alpha value is -0.580. The Balaban J connectivity index is 4.69. The lowest BCUT2D eigenvalue weighted by atomic mass is 10.2.